The lowest BCUT2D eigenvalue weighted by atomic mass is 9.98. The van der Waals surface area contributed by atoms with Gasteiger partial charge in [0.2, 0.25) is 0 Å². The van der Waals surface area contributed by atoms with Crippen molar-refractivity contribution in [1.29, 1.82) is 0 Å². The fourth-order valence-electron chi connectivity index (χ4n) is 4.54. The Balaban J connectivity index is 1.29. The first-order chi connectivity index (χ1) is 16.1. The second kappa shape index (κ2) is 8.74. The van der Waals surface area contributed by atoms with E-state index in [0.29, 0.717) is 0 Å². The average molecular weight is 438 g/mol. The summed E-state index contributed by atoms with van der Waals surface area (Å²) in [7, 11) is 0. The Labute approximate surface area is 190 Å². The highest BCUT2D eigenvalue weighted by Crippen LogP contribution is 2.44. The molecule has 3 aromatic carbocycles. The number of hydrogen-bond acceptors (Lipinski definition) is 4. The molecule has 0 aliphatic heterocycles. The molecule has 0 fully saturated rings. The summed E-state index contributed by atoms with van der Waals surface area (Å²) in [5.74, 6) is -1.21. The van der Waals surface area contributed by atoms with Gasteiger partial charge < -0.3 is 15.2 Å². The lowest BCUT2D eigenvalue weighted by Crippen LogP contribution is -2.43. The minimum absolute atomic E-state index is 0.0874. The number of carbonyl (C=O) groups is 2. The maximum Gasteiger partial charge on any atom is 0.407 e. The number of nitrogens with zero attached hydrogens (tertiary/aromatic N) is 1. The number of hydrogen-bond donors (Lipinski definition) is 2. The second-order valence-corrected chi connectivity index (χ2v) is 8.05. The van der Waals surface area contributed by atoms with Gasteiger partial charge >= 0.3 is 12.1 Å². The van der Waals surface area contributed by atoms with Crippen LogP contribution in [0.2, 0.25) is 0 Å². The van der Waals surface area contributed by atoms with Gasteiger partial charge in [0.05, 0.1) is 5.52 Å². The molecule has 4 aromatic rings. The van der Waals surface area contributed by atoms with Crippen LogP contribution in [-0.2, 0) is 16.0 Å². The Kier molecular flexibility index (Phi) is 5.48. The lowest BCUT2D eigenvalue weighted by molar-refractivity contribution is -0.139. The van der Waals surface area contributed by atoms with Crippen LogP contribution in [0.3, 0.4) is 0 Å². The van der Waals surface area contributed by atoms with Crippen molar-refractivity contribution in [3.8, 4) is 11.1 Å². The third kappa shape index (κ3) is 4.03. The van der Waals surface area contributed by atoms with E-state index in [1.165, 1.54) is 0 Å². The third-order valence-electron chi connectivity index (χ3n) is 6.10. The van der Waals surface area contributed by atoms with Gasteiger partial charge in [-0.1, -0.05) is 66.7 Å². The number of rotatable bonds is 6. The molecule has 6 nitrogen and oxygen atoms in total. The smallest absolute Gasteiger partial charge is 0.407 e. The lowest BCUT2D eigenvalue weighted by Gasteiger charge is -2.18. The zero-order valence-corrected chi connectivity index (χ0v) is 17.8. The van der Waals surface area contributed by atoms with Gasteiger partial charge in [0.25, 0.3) is 0 Å². The van der Waals surface area contributed by atoms with Crippen LogP contribution in [0.4, 0.5) is 4.79 Å². The van der Waals surface area contributed by atoms with Crippen LogP contribution in [0, 0.1) is 0 Å². The second-order valence-electron chi connectivity index (χ2n) is 8.05. The van der Waals surface area contributed by atoms with E-state index in [1.54, 1.807) is 12.3 Å². The number of pyridine rings is 1. The molecule has 164 valence electrons. The number of nitrogens with one attached hydrogen (secondary N) is 1. The number of aromatic nitrogens is 1. The predicted molar refractivity (Wildman–Crippen MR) is 125 cm³/mol. The van der Waals surface area contributed by atoms with Crippen LogP contribution >= 0.6 is 0 Å². The van der Waals surface area contributed by atoms with Gasteiger partial charge in [-0.3, -0.25) is 4.98 Å². The molecule has 0 bridgehead atoms. The topological polar surface area (TPSA) is 88.5 Å². The highest BCUT2D eigenvalue weighted by Gasteiger charge is 2.30. The van der Waals surface area contributed by atoms with E-state index in [2.05, 4.69) is 22.4 Å². The third-order valence-corrected chi connectivity index (χ3v) is 6.10. The minimum Gasteiger partial charge on any atom is -0.480 e. The zero-order chi connectivity index (χ0) is 22.8. The first kappa shape index (κ1) is 20.7. The van der Waals surface area contributed by atoms with Crippen molar-refractivity contribution in [3.05, 3.63) is 102 Å². The van der Waals surface area contributed by atoms with Crippen LogP contribution in [0.15, 0.2) is 85.1 Å². The minimum atomic E-state index is -1.12. The number of amides is 1. The average Bonchev–Trinajstić information content (AvgIpc) is 3.16. The van der Waals surface area contributed by atoms with Crippen LogP contribution in [0.1, 0.15) is 22.6 Å². The molecule has 1 aliphatic rings. The number of carboxylic acid groups (broad SMARTS) is 1. The molecule has 5 rings (SSSR count). The molecule has 6 heteroatoms. The monoisotopic (exact) mass is 438 g/mol. The number of benzene rings is 3. The summed E-state index contributed by atoms with van der Waals surface area (Å²) in [6.07, 6.45) is 1.02. The van der Waals surface area contributed by atoms with E-state index >= 15 is 0 Å². The number of alkyl carbamates (subject to hydrolysis) is 1. The van der Waals surface area contributed by atoms with Crippen molar-refractivity contribution >= 4 is 23.0 Å². The van der Waals surface area contributed by atoms with Gasteiger partial charge in [-0.2, -0.15) is 0 Å². The van der Waals surface area contributed by atoms with Crippen molar-refractivity contribution in [1.82, 2.24) is 10.3 Å². The van der Waals surface area contributed by atoms with Crippen molar-refractivity contribution in [2.24, 2.45) is 0 Å². The Bertz CT molecular complexity index is 1300. The summed E-state index contributed by atoms with van der Waals surface area (Å²) in [4.78, 5) is 28.8. The largest absolute Gasteiger partial charge is 0.480 e. The van der Waals surface area contributed by atoms with Gasteiger partial charge in [-0.05, 0) is 39.9 Å². The summed E-state index contributed by atoms with van der Waals surface area (Å²) >= 11 is 0. The van der Waals surface area contributed by atoms with E-state index in [9.17, 15) is 14.7 Å². The fraction of sp³-hybridized carbons (Fsp3) is 0.148. The molecule has 1 heterocycles. The van der Waals surface area contributed by atoms with Crippen LogP contribution < -0.4 is 5.32 Å². The molecule has 0 radical (unpaired) electrons. The standard InChI is InChI=1S/C27H22N2O4/c30-26(31)25(15-17-13-14-28-24-12-6-5-7-18(17)24)29-27(32)33-16-23-21-10-3-1-8-19(21)20-9-2-4-11-22(20)23/h1-14,23,25H,15-16H2,(H,29,32)(H,30,31)/t25-/m1/s1. The van der Waals surface area contributed by atoms with Crippen LogP contribution in [-0.4, -0.2) is 34.8 Å². The number of aliphatic carboxylic acids is 1. The van der Waals surface area contributed by atoms with E-state index < -0.39 is 18.1 Å². The fourth-order valence-corrected chi connectivity index (χ4v) is 4.54. The summed E-state index contributed by atoms with van der Waals surface area (Å²) in [5, 5.41) is 13.1. The molecule has 1 aromatic heterocycles. The molecule has 1 aliphatic carbocycles. The first-order valence-corrected chi connectivity index (χ1v) is 10.8. The Morgan fingerprint density at radius 1 is 0.909 bits per heavy atom. The van der Waals surface area contributed by atoms with E-state index in [-0.39, 0.29) is 18.9 Å². The summed E-state index contributed by atoms with van der Waals surface area (Å²) < 4.78 is 5.52. The molecule has 0 saturated carbocycles. The molecule has 0 spiro atoms. The van der Waals surface area contributed by atoms with E-state index in [0.717, 1.165) is 38.7 Å². The van der Waals surface area contributed by atoms with Gasteiger partial charge in [-0.25, -0.2) is 9.59 Å². The van der Waals surface area contributed by atoms with Crippen LogP contribution in [0.25, 0.3) is 22.0 Å². The number of para-hydroxylation sites is 1. The highest BCUT2D eigenvalue weighted by molar-refractivity contribution is 5.85. The molecule has 1 atom stereocenters. The zero-order valence-electron chi connectivity index (χ0n) is 17.8. The molecular formula is C27H22N2O4. The molecule has 0 saturated heterocycles. The SMILES string of the molecule is O=C(N[C@H](Cc1ccnc2ccccc12)C(=O)O)OCC1c2ccccc2-c2ccccc21. The quantitative estimate of drug-likeness (QED) is 0.453. The Hall–Kier alpha value is -4.19. The summed E-state index contributed by atoms with van der Waals surface area (Å²) in [6, 6.07) is 24.3. The maximum atomic E-state index is 12.6. The number of fused-ring (bicyclic) bond motifs is 4. The van der Waals surface area contributed by atoms with E-state index in [4.69, 9.17) is 4.74 Å². The van der Waals surface area contributed by atoms with E-state index in [1.807, 2.05) is 60.7 Å². The molecule has 33 heavy (non-hydrogen) atoms. The van der Waals surface area contributed by atoms with Crippen molar-refractivity contribution < 1.29 is 19.4 Å². The van der Waals surface area contributed by atoms with Gasteiger partial charge in [0.1, 0.15) is 12.6 Å². The molecule has 1 amide bonds. The molecular weight excluding hydrogens is 416 g/mol. The number of ether oxygens (including phenoxy) is 1. The summed E-state index contributed by atoms with van der Waals surface area (Å²) in [5.41, 5.74) is 6.05. The highest BCUT2D eigenvalue weighted by atomic mass is 16.5. The number of carbonyl (C=O) groups excluding carboxylic acids is 1. The normalized spacial score (nSPS) is 13.2. The van der Waals surface area contributed by atoms with Gasteiger partial charge in [0, 0.05) is 23.9 Å². The molecule has 0 unspecified atom stereocenters. The Morgan fingerprint density at radius 2 is 1.55 bits per heavy atom. The van der Waals surface area contributed by atoms with Gasteiger partial charge in [-0.15, -0.1) is 0 Å². The molecule has 2 N–H and O–H groups in total. The maximum absolute atomic E-state index is 12.6. The number of carboxylic acids is 1. The van der Waals surface area contributed by atoms with Crippen LogP contribution in [0.5, 0.6) is 0 Å². The van der Waals surface area contributed by atoms with Crippen molar-refractivity contribution in [2.45, 2.75) is 18.4 Å². The van der Waals surface area contributed by atoms with Crippen molar-refractivity contribution in [3.63, 3.8) is 0 Å². The Morgan fingerprint density at radius 3 is 2.24 bits per heavy atom. The first-order valence-electron chi connectivity index (χ1n) is 10.8. The van der Waals surface area contributed by atoms with Crippen molar-refractivity contribution in [2.75, 3.05) is 6.61 Å². The summed E-state index contributed by atoms with van der Waals surface area (Å²) in [6.45, 7) is 0.129. The van der Waals surface area contributed by atoms with Gasteiger partial charge in [0.15, 0.2) is 0 Å². The predicted octanol–water partition coefficient (Wildman–Crippen LogP) is 4.77.